The van der Waals surface area contributed by atoms with Gasteiger partial charge in [0.2, 0.25) is 0 Å². The van der Waals surface area contributed by atoms with Gasteiger partial charge in [-0.3, -0.25) is 9.69 Å². The van der Waals surface area contributed by atoms with Crippen LogP contribution in [-0.2, 0) is 11.3 Å². The first-order chi connectivity index (χ1) is 15.5. The molecule has 0 saturated heterocycles. The molecule has 164 valence electrons. The summed E-state index contributed by atoms with van der Waals surface area (Å²) < 4.78 is 5.37. The summed E-state index contributed by atoms with van der Waals surface area (Å²) >= 11 is 6.09. The number of carbonyl (C=O) groups excluding carboxylic acids is 1. The molecule has 0 aliphatic carbocycles. The summed E-state index contributed by atoms with van der Waals surface area (Å²) in [4.78, 5) is 15.3. The lowest BCUT2D eigenvalue weighted by Gasteiger charge is -2.25. The highest BCUT2D eigenvalue weighted by Crippen LogP contribution is 2.34. The van der Waals surface area contributed by atoms with Crippen molar-refractivity contribution in [2.75, 3.05) is 20.7 Å². The number of ether oxygens (including phenoxy) is 1. The highest BCUT2D eigenvalue weighted by atomic mass is 35.5. The van der Waals surface area contributed by atoms with Crippen LogP contribution in [0.2, 0.25) is 5.02 Å². The Hall–Kier alpha value is -3.15. The molecule has 1 aliphatic rings. The van der Waals surface area contributed by atoms with Crippen LogP contribution in [0.25, 0.3) is 0 Å². The van der Waals surface area contributed by atoms with Crippen molar-refractivity contribution in [1.82, 2.24) is 9.91 Å². The van der Waals surface area contributed by atoms with Crippen molar-refractivity contribution in [2.24, 2.45) is 5.10 Å². The van der Waals surface area contributed by atoms with Crippen molar-refractivity contribution < 1.29 is 9.53 Å². The summed E-state index contributed by atoms with van der Waals surface area (Å²) in [5.41, 5.74) is 3.99. The van der Waals surface area contributed by atoms with E-state index >= 15 is 0 Å². The third kappa shape index (κ3) is 5.18. The number of halogens is 1. The van der Waals surface area contributed by atoms with Gasteiger partial charge >= 0.3 is 0 Å². The summed E-state index contributed by atoms with van der Waals surface area (Å²) in [6.07, 6.45) is 0.628. The predicted molar refractivity (Wildman–Crippen MR) is 128 cm³/mol. The first kappa shape index (κ1) is 22.1. The summed E-state index contributed by atoms with van der Waals surface area (Å²) in [5, 5.41) is 7.05. The van der Waals surface area contributed by atoms with E-state index < -0.39 is 0 Å². The Morgan fingerprint density at radius 2 is 1.84 bits per heavy atom. The van der Waals surface area contributed by atoms with Gasteiger partial charge in [0.25, 0.3) is 5.91 Å². The average molecular weight is 448 g/mol. The standard InChI is InChI=1S/C26H26ClN3O2/c1-29(17-19-7-4-3-5-8-19)18-26(31)30-25(20-11-13-22(27)14-12-20)16-24(28-30)21-9-6-10-23(15-21)32-2/h3-15,25H,16-18H2,1-2H3. The molecule has 0 radical (unpaired) electrons. The van der Waals surface area contributed by atoms with Crippen LogP contribution in [0.1, 0.15) is 29.2 Å². The van der Waals surface area contributed by atoms with Crippen molar-refractivity contribution in [3.8, 4) is 5.75 Å². The molecule has 4 rings (SSSR count). The van der Waals surface area contributed by atoms with Gasteiger partial charge in [0.05, 0.1) is 25.4 Å². The number of nitrogens with zero attached hydrogens (tertiary/aromatic N) is 3. The number of carbonyl (C=O) groups is 1. The van der Waals surface area contributed by atoms with E-state index in [-0.39, 0.29) is 18.5 Å². The molecular formula is C26H26ClN3O2. The third-order valence-electron chi connectivity index (χ3n) is 5.52. The maximum Gasteiger partial charge on any atom is 0.257 e. The number of benzene rings is 3. The smallest absolute Gasteiger partial charge is 0.257 e. The molecule has 0 saturated carbocycles. The Bertz CT molecular complexity index is 1100. The normalized spacial score (nSPS) is 15.7. The molecule has 0 fully saturated rings. The van der Waals surface area contributed by atoms with Crippen molar-refractivity contribution >= 4 is 23.2 Å². The second kappa shape index (κ2) is 9.98. The molecule has 1 unspecified atom stereocenters. The molecule has 6 heteroatoms. The molecule has 3 aromatic rings. The Kier molecular flexibility index (Phi) is 6.88. The number of rotatable bonds is 7. The highest BCUT2D eigenvalue weighted by Gasteiger charge is 2.33. The van der Waals surface area contributed by atoms with Gasteiger partial charge in [-0.1, -0.05) is 66.2 Å². The van der Waals surface area contributed by atoms with E-state index in [1.807, 2.05) is 78.7 Å². The van der Waals surface area contributed by atoms with E-state index in [2.05, 4.69) is 12.1 Å². The average Bonchev–Trinajstić information content (AvgIpc) is 3.26. The van der Waals surface area contributed by atoms with Crippen LogP contribution in [-0.4, -0.2) is 42.2 Å². The summed E-state index contributed by atoms with van der Waals surface area (Å²) in [6.45, 7) is 0.965. The Morgan fingerprint density at radius 3 is 2.56 bits per heavy atom. The van der Waals surface area contributed by atoms with E-state index in [0.29, 0.717) is 18.0 Å². The first-order valence-electron chi connectivity index (χ1n) is 10.6. The zero-order valence-corrected chi connectivity index (χ0v) is 19.0. The fraction of sp³-hybridized carbons (Fsp3) is 0.231. The predicted octanol–water partition coefficient (Wildman–Crippen LogP) is 5.16. The van der Waals surface area contributed by atoms with Gasteiger partial charge < -0.3 is 4.74 Å². The van der Waals surface area contributed by atoms with Gasteiger partial charge in [0.1, 0.15) is 5.75 Å². The Labute approximate surface area is 193 Å². The minimum Gasteiger partial charge on any atom is -0.497 e. The zero-order valence-electron chi connectivity index (χ0n) is 18.2. The largest absolute Gasteiger partial charge is 0.497 e. The topological polar surface area (TPSA) is 45.1 Å². The molecular weight excluding hydrogens is 422 g/mol. The van der Waals surface area contributed by atoms with Gasteiger partial charge in [-0.15, -0.1) is 0 Å². The van der Waals surface area contributed by atoms with Crippen LogP contribution >= 0.6 is 11.6 Å². The molecule has 5 nitrogen and oxygen atoms in total. The van der Waals surface area contributed by atoms with E-state index in [0.717, 1.165) is 22.6 Å². The first-order valence-corrected chi connectivity index (χ1v) is 10.9. The van der Waals surface area contributed by atoms with E-state index in [1.54, 1.807) is 12.1 Å². The fourth-order valence-corrected chi connectivity index (χ4v) is 4.04. The molecule has 3 aromatic carbocycles. The lowest BCUT2D eigenvalue weighted by Crippen LogP contribution is -2.36. The molecule has 1 amide bonds. The molecule has 0 N–H and O–H groups in total. The lowest BCUT2D eigenvalue weighted by atomic mass is 9.98. The minimum absolute atomic E-state index is 0.0405. The van der Waals surface area contributed by atoms with E-state index in [9.17, 15) is 4.79 Å². The van der Waals surface area contributed by atoms with Crippen LogP contribution in [0.3, 0.4) is 0 Å². The maximum absolute atomic E-state index is 13.3. The van der Waals surface area contributed by atoms with Crippen molar-refractivity contribution in [3.05, 3.63) is 101 Å². The second-order valence-corrected chi connectivity index (χ2v) is 8.38. The summed E-state index contributed by atoms with van der Waals surface area (Å²) in [7, 11) is 3.59. The van der Waals surface area contributed by atoms with Gasteiger partial charge in [0, 0.05) is 23.6 Å². The maximum atomic E-state index is 13.3. The van der Waals surface area contributed by atoms with Crippen LogP contribution in [0.15, 0.2) is 84.0 Å². The van der Waals surface area contributed by atoms with E-state index in [1.165, 1.54) is 5.56 Å². The van der Waals surface area contributed by atoms with Crippen molar-refractivity contribution in [3.63, 3.8) is 0 Å². The quantitative estimate of drug-likeness (QED) is 0.502. The number of hydrogen-bond donors (Lipinski definition) is 0. The summed E-state index contributed by atoms with van der Waals surface area (Å²) in [6, 6.07) is 25.4. The molecule has 32 heavy (non-hydrogen) atoms. The van der Waals surface area contributed by atoms with E-state index in [4.69, 9.17) is 21.4 Å². The molecule has 1 heterocycles. The van der Waals surface area contributed by atoms with Gasteiger partial charge in [-0.2, -0.15) is 5.10 Å². The molecule has 0 spiro atoms. The van der Waals surface area contributed by atoms with Crippen LogP contribution in [0.4, 0.5) is 0 Å². The molecule has 0 bridgehead atoms. The van der Waals surface area contributed by atoms with Gasteiger partial charge in [-0.05, 0) is 42.4 Å². The highest BCUT2D eigenvalue weighted by molar-refractivity contribution is 6.30. The monoisotopic (exact) mass is 447 g/mol. The number of hydrazone groups is 1. The SMILES string of the molecule is COc1cccc(C2=NN(C(=O)CN(C)Cc3ccccc3)C(c3ccc(Cl)cc3)C2)c1. The number of likely N-dealkylation sites (N-methyl/N-ethyl adjacent to an activating group) is 1. The van der Waals surface area contributed by atoms with Gasteiger partial charge in [0.15, 0.2) is 0 Å². The van der Waals surface area contributed by atoms with Crippen LogP contribution in [0, 0.1) is 0 Å². The second-order valence-electron chi connectivity index (χ2n) is 7.95. The van der Waals surface area contributed by atoms with Crippen molar-refractivity contribution in [2.45, 2.75) is 19.0 Å². The number of methoxy groups -OCH3 is 1. The van der Waals surface area contributed by atoms with Gasteiger partial charge in [-0.25, -0.2) is 5.01 Å². The van der Waals surface area contributed by atoms with Crippen molar-refractivity contribution in [1.29, 1.82) is 0 Å². The molecule has 1 atom stereocenters. The minimum atomic E-state index is -0.175. The third-order valence-corrected chi connectivity index (χ3v) is 5.78. The zero-order chi connectivity index (χ0) is 22.5. The molecule has 1 aliphatic heterocycles. The number of amides is 1. The van der Waals surface area contributed by atoms with Crippen LogP contribution in [0.5, 0.6) is 5.75 Å². The fourth-order valence-electron chi connectivity index (χ4n) is 3.92. The Morgan fingerprint density at radius 1 is 1.09 bits per heavy atom. The number of hydrogen-bond acceptors (Lipinski definition) is 4. The van der Waals surface area contributed by atoms with Crippen LogP contribution < -0.4 is 4.74 Å². The summed E-state index contributed by atoms with van der Waals surface area (Å²) in [5.74, 6) is 0.724. The Balaban J connectivity index is 1.57. The lowest BCUT2D eigenvalue weighted by molar-refractivity contribution is -0.134. The molecule has 0 aromatic heterocycles.